The molecule has 1 amide bonds. The van der Waals surface area contributed by atoms with Crippen LogP contribution in [0, 0.1) is 5.92 Å². The lowest BCUT2D eigenvalue weighted by atomic mass is 10.0. The summed E-state index contributed by atoms with van der Waals surface area (Å²) in [5.74, 6) is 1.56. The largest absolute Gasteiger partial charge is 0.497 e. The van der Waals surface area contributed by atoms with Crippen LogP contribution in [0.4, 0.5) is 0 Å². The number of likely N-dealkylation sites (tertiary alicyclic amines) is 1. The van der Waals surface area contributed by atoms with Crippen molar-refractivity contribution in [2.45, 2.75) is 37.8 Å². The van der Waals surface area contributed by atoms with E-state index in [0.29, 0.717) is 18.5 Å². The zero-order valence-corrected chi connectivity index (χ0v) is 16.0. The maximum Gasteiger partial charge on any atom is 0.234 e. The average Bonchev–Trinajstić information content (AvgIpc) is 3.16. The zero-order valence-electron chi connectivity index (χ0n) is 15.2. The van der Waals surface area contributed by atoms with Crippen LogP contribution in [-0.4, -0.2) is 31.0 Å². The molecule has 2 heterocycles. The molecule has 2 aromatic rings. The van der Waals surface area contributed by atoms with Gasteiger partial charge in [-0.2, -0.15) is 0 Å². The average molecular weight is 371 g/mol. The summed E-state index contributed by atoms with van der Waals surface area (Å²) in [4.78, 5) is 16.5. The Bertz CT molecular complexity index is 725. The monoisotopic (exact) mass is 370 g/mol. The van der Waals surface area contributed by atoms with E-state index >= 15 is 0 Å². The second-order valence-corrected chi connectivity index (χ2v) is 8.28. The second-order valence-electron chi connectivity index (χ2n) is 7.30. The third kappa shape index (κ3) is 3.94. The molecule has 1 saturated heterocycles. The normalized spacial score (nSPS) is 21.5. The van der Waals surface area contributed by atoms with E-state index in [1.165, 1.54) is 29.7 Å². The lowest BCUT2D eigenvalue weighted by Gasteiger charge is -2.25. The molecule has 1 aliphatic carbocycles. The minimum absolute atomic E-state index is 0.121. The Morgan fingerprint density at radius 2 is 2.08 bits per heavy atom. The summed E-state index contributed by atoms with van der Waals surface area (Å²) in [5, 5.41) is 5.43. The van der Waals surface area contributed by atoms with Crippen molar-refractivity contribution in [3.63, 3.8) is 0 Å². The number of carbonyl (C=O) groups excluding carboxylic acids is 1. The van der Waals surface area contributed by atoms with Crippen molar-refractivity contribution in [1.82, 2.24) is 10.2 Å². The molecule has 0 spiro atoms. The highest BCUT2D eigenvalue weighted by molar-refractivity contribution is 7.10. The van der Waals surface area contributed by atoms with Gasteiger partial charge < -0.3 is 10.1 Å². The molecule has 1 aromatic carbocycles. The number of carbonyl (C=O) groups is 1. The van der Waals surface area contributed by atoms with E-state index in [0.717, 1.165) is 18.7 Å². The number of nitrogens with one attached hydrogen (secondary N) is 1. The molecule has 4 rings (SSSR count). The van der Waals surface area contributed by atoms with Crippen LogP contribution in [0.15, 0.2) is 41.8 Å². The number of methoxy groups -OCH3 is 1. The first-order valence-corrected chi connectivity index (χ1v) is 10.3. The van der Waals surface area contributed by atoms with Crippen LogP contribution in [-0.2, 0) is 4.79 Å². The molecule has 1 N–H and O–H groups in total. The van der Waals surface area contributed by atoms with Crippen LogP contribution in [0.25, 0.3) is 0 Å². The third-order valence-corrected chi connectivity index (χ3v) is 6.44. The Labute approximate surface area is 159 Å². The standard InChI is InChI=1S/C21H26N2O2S/c1-25-17-10-8-16(9-11-17)21(15-6-7-15)22-20(24)14-23-12-2-4-18(23)19-5-3-13-26-19/h3,5,8-11,13,15,18,21H,2,4,6-7,12,14H2,1H3,(H,22,24). The summed E-state index contributed by atoms with van der Waals surface area (Å²) >= 11 is 1.79. The van der Waals surface area contributed by atoms with Gasteiger partial charge in [0, 0.05) is 10.9 Å². The van der Waals surface area contributed by atoms with Gasteiger partial charge in [-0.1, -0.05) is 18.2 Å². The fraction of sp³-hybridized carbons (Fsp3) is 0.476. The lowest BCUT2D eigenvalue weighted by molar-refractivity contribution is -0.123. The highest BCUT2D eigenvalue weighted by Gasteiger charge is 2.34. The van der Waals surface area contributed by atoms with Crippen molar-refractivity contribution in [3.8, 4) is 5.75 Å². The molecule has 2 unspecified atom stereocenters. The summed E-state index contributed by atoms with van der Waals surface area (Å²) in [6.45, 7) is 1.49. The summed E-state index contributed by atoms with van der Waals surface area (Å²) in [7, 11) is 1.68. The Kier molecular flexibility index (Phi) is 5.27. The van der Waals surface area contributed by atoms with E-state index < -0.39 is 0 Å². The van der Waals surface area contributed by atoms with Crippen LogP contribution in [0.2, 0.25) is 0 Å². The zero-order chi connectivity index (χ0) is 17.9. The Hall–Kier alpha value is -1.85. The fourth-order valence-corrected chi connectivity index (χ4v) is 4.83. The smallest absolute Gasteiger partial charge is 0.234 e. The summed E-state index contributed by atoms with van der Waals surface area (Å²) in [6.07, 6.45) is 4.70. The predicted octanol–water partition coefficient (Wildman–Crippen LogP) is 4.16. The SMILES string of the molecule is COc1ccc(C(NC(=O)CN2CCCC2c2cccs2)C2CC2)cc1. The van der Waals surface area contributed by atoms with Gasteiger partial charge in [-0.05, 0) is 67.3 Å². The maximum absolute atomic E-state index is 12.8. The highest BCUT2D eigenvalue weighted by Crippen LogP contribution is 2.41. The Morgan fingerprint density at radius 3 is 2.73 bits per heavy atom. The van der Waals surface area contributed by atoms with Gasteiger partial charge >= 0.3 is 0 Å². The van der Waals surface area contributed by atoms with Crippen LogP contribution in [0.3, 0.4) is 0 Å². The van der Waals surface area contributed by atoms with Gasteiger partial charge in [-0.3, -0.25) is 9.69 Å². The van der Waals surface area contributed by atoms with Gasteiger partial charge in [-0.15, -0.1) is 11.3 Å². The van der Waals surface area contributed by atoms with E-state index in [9.17, 15) is 4.79 Å². The van der Waals surface area contributed by atoms with Crippen molar-refractivity contribution in [3.05, 3.63) is 52.2 Å². The predicted molar refractivity (Wildman–Crippen MR) is 104 cm³/mol. The Morgan fingerprint density at radius 1 is 1.27 bits per heavy atom. The third-order valence-electron chi connectivity index (χ3n) is 5.47. The molecular weight excluding hydrogens is 344 g/mol. The Balaban J connectivity index is 1.40. The summed E-state index contributed by atoms with van der Waals surface area (Å²) < 4.78 is 5.25. The molecule has 1 aromatic heterocycles. The number of amides is 1. The van der Waals surface area contributed by atoms with Crippen molar-refractivity contribution in [2.24, 2.45) is 5.92 Å². The van der Waals surface area contributed by atoms with Crippen molar-refractivity contribution < 1.29 is 9.53 Å². The molecule has 4 nitrogen and oxygen atoms in total. The first-order valence-electron chi connectivity index (χ1n) is 9.45. The topological polar surface area (TPSA) is 41.6 Å². The molecule has 138 valence electrons. The van der Waals surface area contributed by atoms with Gasteiger partial charge in [0.05, 0.1) is 19.7 Å². The molecule has 5 heteroatoms. The molecule has 26 heavy (non-hydrogen) atoms. The summed E-state index contributed by atoms with van der Waals surface area (Å²) in [6, 6.07) is 12.9. The van der Waals surface area contributed by atoms with Crippen molar-refractivity contribution in [2.75, 3.05) is 20.2 Å². The molecule has 0 bridgehead atoms. The van der Waals surface area contributed by atoms with Crippen molar-refractivity contribution in [1.29, 1.82) is 0 Å². The van der Waals surface area contributed by atoms with Gasteiger partial charge in [-0.25, -0.2) is 0 Å². The van der Waals surface area contributed by atoms with E-state index in [4.69, 9.17) is 4.74 Å². The number of hydrogen-bond donors (Lipinski definition) is 1. The molecule has 2 fully saturated rings. The van der Waals surface area contributed by atoms with Gasteiger partial charge in [0.1, 0.15) is 5.75 Å². The molecule has 1 aliphatic heterocycles. The van der Waals surface area contributed by atoms with Gasteiger partial charge in [0.15, 0.2) is 0 Å². The van der Waals surface area contributed by atoms with Crippen LogP contribution in [0.1, 0.15) is 48.2 Å². The number of hydrogen-bond acceptors (Lipinski definition) is 4. The number of benzene rings is 1. The van der Waals surface area contributed by atoms with Gasteiger partial charge in [0.2, 0.25) is 5.91 Å². The molecule has 2 atom stereocenters. The lowest BCUT2D eigenvalue weighted by Crippen LogP contribution is -2.39. The number of ether oxygens (including phenoxy) is 1. The quantitative estimate of drug-likeness (QED) is 0.796. The minimum Gasteiger partial charge on any atom is -0.497 e. The number of rotatable bonds is 7. The molecule has 0 radical (unpaired) electrons. The van der Waals surface area contributed by atoms with E-state index in [1.807, 2.05) is 12.1 Å². The molecule has 1 saturated carbocycles. The van der Waals surface area contributed by atoms with Crippen LogP contribution >= 0.6 is 11.3 Å². The van der Waals surface area contributed by atoms with Gasteiger partial charge in [0.25, 0.3) is 0 Å². The van der Waals surface area contributed by atoms with Crippen LogP contribution in [0.5, 0.6) is 5.75 Å². The fourth-order valence-electron chi connectivity index (χ4n) is 3.94. The van der Waals surface area contributed by atoms with E-state index in [1.54, 1.807) is 18.4 Å². The molecular formula is C21H26N2O2S. The number of nitrogens with zero attached hydrogens (tertiary/aromatic N) is 1. The van der Waals surface area contributed by atoms with E-state index in [2.05, 4.69) is 39.9 Å². The molecule has 2 aliphatic rings. The second kappa shape index (κ2) is 7.80. The number of thiophene rings is 1. The first kappa shape index (κ1) is 17.6. The summed E-state index contributed by atoms with van der Waals surface area (Å²) in [5.41, 5.74) is 1.18. The minimum atomic E-state index is 0.121. The van der Waals surface area contributed by atoms with Crippen LogP contribution < -0.4 is 10.1 Å². The van der Waals surface area contributed by atoms with Crippen molar-refractivity contribution >= 4 is 17.2 Å². The maximum atomic E-state index is 12.8. The first-order chi connectivity index (χ1) is 12.7. The highest BCUT2D eigenvalue weighted by atomic mass is 32.1. The van der Waals surface area contributed by atoms with E-state index in [-0.39, 0.29) is 11.9 Å².